The van der Waals surface area contributed by atoms with Gasteiger partial charge in [-0.15, -0.1) is 12.4 Å². The number of hydrogen-bond acceptors (Lipinski definition) is 3. The first-order valence-corrected chi connectivity index (χ1v) is 9.52. The lowest BCUT2D eigenvalue weighted by molar-refractivity contribution is -0.129. The molecule has 0 bridgehead atoms. The van der Waals surface area contributed by atoms with Gasteiger partial charge >= 0.3 is 0 Å². The summed E-state index contributed by atoms with van der Waals surface area (Å²) >= 11 is 0. The Labute approximate surface area is 167 Å². The maximum atomic E-state index is 13.0. The molecule has 1 atom stereocenters. The number of rotatable bonds is 6. The van der Waals surface area contributed by atoms with Gasteiger partial charge in [-0.05, 0) is 43.7 Å². The standard InChI is InChI=1S/C22H28N2O2.ClH/c1-2-16-8-6-7-11-20(16)26-21(17-9-4-3-5-10-17)22(25)24-19-14-12-18(23)13-15-19;/h3-11,18-19,21H,2,12-15,23H2,1H3,(H,24,25);1H. The molecule has 5 heteroatoms. The molecule has 0 aromatic heterocycles. The lowest BCUT2D eigenvalue weighted by atomic mass is 9.91. The number of hydrogen-bond donors (Lipinski definition) is 2. The molecule has 1 saturated carbocycles. The van der Waals surface area contributed by atoms with Crippen molar-refractivity contribution in [3.63, 3.8) is 0 Å². The fourth-order valence-electron chi connectivity index (χ4n) is 3.48. The summed E-state index contributed by atoms with van der Waals surface area (Å²) in [7, 11) is 0. The molecule has 4 nitrogen and oxygen atoms in total. The Bertz CT molecular complexity index is 715. The van der Waals surface area contributed by atoms with Crippen LogP contribution < -0.4 is 15.8 Å². The molecule has 1 unspecified atom stereocenters. The topological polar surface area (TPSA) is 64.3 Å². The highest BCUT2D eigenvalue weighted by Gasteiger charge is 2.27. The molecule has 1 amide bonds. The van der Waals surface area contributed by atoms with E-state index in [1.54, 1.807) is 0 Å². The summed E-state index contributed by atoms with van der Waals surface area (Å²) in [4.78, 5) is 13.0. The van der Waals surface area contributed by atoms with Crippen LogP contribution in [-0.4, -0.2) is 18.0 Å². The van der Waals surface area contributed by atoms with Crippen molar-refractivity contribution in [1.82, 2.24) is 5.32 Å². The summed E-state index contributed by atoms with van der Waals surface area (Å²) in [6.45, 7) is 2.09. The minimum atomic E-state index is -0.653. The molecule has 0 radical (unpaired) electrons. The van der Waals surface area contributed by atoms with E-state index in [4.69, 9.17) is 10.5 Å². The third-order valence-electron chi connectivity index (χ3n) is 5.06. The molecule has 27 heavy (non-hydrogen) atoms. The predicted octanol–water partition coefficient (Wildman–Crippen LogP) is 4.18. The Morgan fingerprint density at radius 1 is 1.07 bits per heavy atom. The van der Waals surface area contributed by atoms with E-state index in [1.165, 1.54) is 0 Å². The van der Waals surface area contributed by atoms with Gasteiger partial charge in [0.2, 0.25) is 6.10 Å². The summed E-state index contributed by atoms with van der Waals surface area (Å²) in [6, 6.07) is 18.0. The number of carbonyl (C=O) groups is 1. The summed E-state index contributed by atoms with van der Waals surface area (Å²) in [5.41, 5.74) is 7.94. The molecular formula is C22H29ClN2O2. The highest BCUT2D eigenvalue weighted by molar-refractivity contribution is 5.85. The van der Waals surface area contributed by atoms with Gasteiger partial charge in [0.15, 0.2) is 0 Å². The maximum Gasteiger partial charge on any atom is 0.266 e. The number of benzene rings is 2. The minimum absolute atomic E-state index is 0. The lowest BCUT2D eigenvalue weighted by Gasteiger charge is -2.29. The Morgan fingerprint density at radius 2 is 1.70 bits per heavy atom. The van der Waals surface area contributed by atoms with E-state index in [1.807, 2.05) is 54.6 Å². The van der Waals surface area contributed by atoms with Crippen LogP contribution in [0.5, 0.6) is 5.75 Å². The number of para-hydroxylation sites is 1. The van der Waals surface area contributed by atoms with Crippen LogP contribution in [0, 0.1) is 0 Å². The van der Waals surface area contributed by atoms with Gasteiger partial charge in [-0.2, -0.15) is 0 Å². The van der Waals surface area contributed by atoms with Crippen molar-refractivity contribution in [2.75, 3.05) is 0 Å². The van der Waals surface area contributed by atoms with E-state index in [2.05, 4.69) is 12.2 Å². The Balaban J connectivity index is 0.00000261. The van der Waals surface area contributed by atoms with Crippen LogP contribution in [0.2, 0.25) is 0 Å². The van der Waals surface area contributed by atoms with Gasteiger partial charge in [0.25, 0.3) is 5.91 Å². The number of aryl methyl sites for hydroxylation is 1. The second-order valence-electron chi connectivity index (χ2n) is 6.99. The molecule has 0 heterocycles. The smallest absolute Gasteiger partial charge is 0.266 e. The Kier molecular flexibility index (Phi) is 8.14. The van der Waals surface area contributed by atoms with Gasteiger partial charge in [0.1, 0.15) is 5.75 Å². The van der Waals surface area contributed by atoms with E-state index >= 15 is 0 Å². The van der Waals surface area contributed by atoms with Gasteiger partial charge in [-0.3, -0.25) is 4.79 Å². The lowest BCUT2D eigenvalue weighted by Crippen LogP contribution is -2.43. The first-order chi connectivity index (χ1) is 12.7. The largest absolute Gasteiger partial charge is 0.476 e. The van der Waals surface area contributed by atoms with E-state index in [9.17, 15) is 4.79 Å². The van der Waals surface area contributed by atoms with Crippen LogP contribution in [0.15, 0.2) is 54.6 Å². The van der Waals surface area contributed by atoms with Gasteiger partial charge in [-0.1, -0.05) is 55.5 Å². The molecule has 1 fully saturated rings. The number of halogens is 1. The van der Waals surface area contributed by atoms with Crippen molar-refractivity contribution in [2.24, 2.45) is 5.73 Å². The fraction of sp³-hybridized carbons (Fsp3) is 0.409. The van der Waals surface area contributed by atoms with Crippen molar-refractivity contribution in [2.45, 2.75) is 57.2 Å². The molecule has 3 N–H and O–H groups in total. The van der Waals surface area contributed by atoms with E-state index in [-0.39, 0.29) is 30.4 Å². The highest BCUT2D eigenvalue weighted by atomic mass is 35.5. The third kappa shape index (κ3) is 5.72. The van der Waals surface area contributed by atoms with Gasteiger partial charge in [0, 0.05) is 17.6 Å². The molecule has 1 aliphatic rings. The molecule has 0 saturated heterocycles. The molecule has 0 spiro atoms. The molecular weight excluding hydrogens is 360 g/mol. The normalized spacial score (nSPS) is 20.2. The van der Waals surface area contributed by atoms with Gasteiger partial charge in [0.05, 0.1) is 0 Å². The first kappa shape index (κ1) is 21.3. The highest BCUT2D eigenvalue weighted by Crippen LogP contribution is 2.27. The molecule has 2 aromatic rings. The number of carbonyl (C=O) groups excluding carboxylic acids is 1. The Hall–Kier alpha value is -2.04. The summed E-state index contributed by atoms with van der Waals surface area (Å²) in [6.07, 6.45) is 3.99. The zero-order valence-electron chi connectivity index (χ0n) is 15.8. The first-order valence-electron chi connectivity index (χ1n) is 9.52. The van der Waals surface area contributed by atoms with E-state index < -0.39 is 6.10 Å². The second-order valence-corrected chi connectivity index (χ2v) is 6.99. The fourth-order valence-corrected chi connectivity index (χ4v) is 3.48. The van der Waals surface area contributed by atoms with Crippen molar-refractivity contribution in [3.8, 4) is 5.75 Å². The van der Waals surface area contributed by atoms with Gasteiger partial charge in [-0.25, -0.2) is 0 Å². The van der Waals surface area contributed by atoms with Crippen LogP contribution in [0.1, 0.15) is 49.8 Å². The second kappa shape index (κ2) is 10.3. The number of ether oxygens (including phenoxy) is 1. The molecule has 3 rings (SSSR count). The SMILES string of the molecule is CCc1ccccc1OC(C(=O)NC1CCC(N)CC1)c1ccccc1.Cl. The van der Waals surface area contributed by atoms with Crippen molar-refractivity contribution in [1.29, 1.82) is 0 Å². The van der Waals surface area contributed by atoms with Crippen molar-refractivity contribution < 1.29 is 9.53 Å². The average Bonchev–Trinajstić information content (AvgIpc) is 2.68. The number of nitrogens with one attached hydrogen (secondary N) is 1. The zero-order valence-corrected chi connectivity index (χ0v) is 16.6. The van der Waals surface area contributed by atoms with Gasteiger partial charge < -0.3 is 15.8 Å². The maximum absolute atomic E-state index is 13.0. The minimum Gasteiger partial charge on any atom is -0.476 e. The molecule has 146 valence electrons. The average molecular weight is 389 g/mol. The molecule has 1 aliphatic carbocycles. The summed E-state index contributed by atoms with van der Waals surface area (Å²) in [5, 5.41) is 3.18. The van der Waals surface area contributed by atoms with Crippen molar-refractivity contribution >= 4 is 18.3 Å². The van der Waals surface area contributed by atoms with Crippen molar-refractivity contribution in [3.05, 3.63) is 65.7 Å². The number of nitrogens with two attached hydrogens (primary N) is 1. The monoisotopic (exact) mass is 388 g/mol. The predicted molar refractivity (Wildman–Crippen MR) is 111 cm³/mol. The van der Waals surface area contributed by atoms with Crippen LogP contribution >= 0.6 is 12.4 Å². The zero-order chi connectivity index (χ0) is 18.4. The summed E-state index contributed by atoms with van der Waals surface area (Å²) in [5.74, 6) is 0.687. The van der Waals surface area contributed by atoms with Crippen LogP contribution in [0.25, 0.3) is 0 Å². The molecule has 2 aromatic carbocycles. The Morgan fingerprint density at radius 3 is 2.37 bits per heavy atom. The van der Waals surface area contributed by atoms with Crippen LogP contribution in [0.3, 0.4) is 0 Å². The quantitative estimate of drug-likeness (QED) is 0.780. The van der Waals surface area contributed by atoms with Crippen LogP contribution in [0.4, 0.5) is 0 Å². The number of amides is 1. The van der Waals surface area contributed by atoms with E-state index in [0.717, 1.165) is 49.0 Å². The third-order valence-corrected chi connectivity index (χ3v) is 5.06. The van der Waals surface area contributed by atoms with Crippen LogP contribution in [-0.2, 0) is 11.2 Å². The summed E-state index contributed by atoms with van der Waals surface area (Å²) < 4.78 is 6.21. The van der Waals surface area contributed by atoms with E-state index in [0.29, 0.717) is 0 Å². The molecule has 0 aliphatic heterocycles.